The summed E-state index contributed by atoms with van der Waals surface area (Å²) in [6, 6.07) is -4.86. The van der Waals surface area contributed by atoms with E-state index in [1.54, 1.807) is 6.08 Å². The van der Waals surface area contributed by atoms with E-state index < -0.39 is 245 Å². The molecule has 111 heavy (non-hydrogen) atoms. The Bertz CT molecular complexity index is 2770. The number of rotatable bonds is 54. The quantitative estimate of drug-likeness (QED) is 0.0193. The molecule has 20 N–H and O–H groups in total. The van der Waals surface area contributed by atoms with Crippen molar-refractivity contribution < 1.29 is 165 Å². The van der Waals surface area contributed by atoms with Crippen molar-refractivity contribution in [3.63, 3.8) is 0 Å². The molecule has 5 rings (SSSR count). The van der Waals surface area contributed by atoms with E-state index in [2.05, 4.69) is 29.8 Å². The van der Waals surface area contributed by atoms with Crippen molar-refractivity contribution in [3.8, 4) is 0 Å². The number of ether oxygens (including phenoxy) is 10. The number of unbranched alkanes of at least 4 members (excludes halogenated alkanes) is 25. The lowest BCUT2D eigenvalue weighted by Crippen LogP contribution is -2.71. The van der Waals surface area contributed by atoms with Crippen molar-refractivity contribution in [2.75, 3.05) is 39.6 Å². The van der Waals surface area contributed by atoms with Gasteiger partial charge in [-0.2, -0.15) is 8.42 Å². The number of carboxylic acids is 1. The largest absolute Gasteiger partial charge is 0.477 e. The summed E-state index contributed by atoms with van der Waals surface area (Å²) < 4.78 is 99.2. The number of aliphatic carboxylic acids is 1. The monoisotopic (exact) mass is 1630 g/mol. The Morgan fingerprint density at radius 1 is 0.514 bits per heavy atom. The van der Waals surface area contributed by atoms with Gasteiger partial charge in [0.15, 0.2) is 25.2 Å². The third-order valence-corrected chi connectivity index (χ3v) is 21.3. The van der Waals surface area contributed by atoms with E-state index in [1.165, 1.54) is 109 Å². The molecule has 0 spiro atoms. The second kappa shape index (κ2) is 51.0. The number of carbonyl (C=O) groups is 4. The minimum Gasteiger partial charge on any atom is -0.477 e. The van der Waals surface area contributed by atoms with Crippen LogP contribution in [-0.4, -0.2) is 329 Å². The number of aliphatic hydroxyl groups is 15. The van der Waals surface area contributed by atoms with Crippen molar-refractivity contribution in [2.24, 2.45) is 0 Å². The number of aliphatic hydroxyl groups excluding tert-OH is 15. The zero-order valence-corrected chi connectivity index (χ0v) is 65.3. The second-order valence-electron chi connectivity index (χ2n) is 29.8. The Balaban J connectivity index is 1.31. The lowest BCUT2D eigenvalue weighted by molar-refractivity contribution is -0.388. The van der Waals surface area contributed by atoms with Gasteiger partial charge >= 0.3 is 16.4 Å². The number of carbonyl (C=O) groups excluding carboxylic acids is 3. The van der Waals surface area contributed by atoms with Gasteiger partial charge < -0.3 is 145 Å². The molecule has 5 heterocycles. The van der Waals surface area contributed by atoms with Gasteiger partial charge in [-0.3, -0.25) is 18.9 Å². The zero-order chi connectivity index (χ0) is 82.0. The van der Waals surface area contributed by atoms with E-state index in [0.717, 1.165) is 71.6 Å². The van der Waals surface area contributed by atoms with Crippen molar-refractivity contribution in [2.45, 2.75) is 385 Å². The summed E-state index contributed by atoms with van der Waals surface area (Å²) in [6.07, 6.45) is -18.7. The van der Waals surface area contributed by atoms with Gasteiger partial charge in [0.05, 0.1) is 63.9 Å². The van der Waals surface area contributed by atoms with Gasteiger partial charge in [0.1, 0.15) is 116 Å². The van der Waals surface area contributed by atoms with E-state index in [4.69, 9.17) is 51.6 Å². The molecule has 0 aromatic carbocycles. The Hall–Kier alpha value is -3.51. The molecule has 0 aliphatic carbocycles. The molecule has 38 heteroatoms. The summed E-state index contributed by atoms with van der Waals surface area (Å²) in [5.41, 5.74) is 0. The van der Waals surface area contributed by atoms with Gasteiger partial charge in [-0.25, -0.2) is 8.98 Å². The number of hydrogen-bond acceptors (Lipinski definition) is 32. The van der Waals surface area contributed by atoms with Gasteiger partial charge in [0.2, 0.25) is 17.7 Å². The minimum atomic E-state index is -5.75. The first-order valence-electron chi connectivity index (χ1n) is 39.7. The van der Waals surface area contributed by atoms with Gasteiger partial charge in [0, 0.05) is 26.7 Å². The molecule has 5 fully saturated rings. The summed E-state index contributed by atoms with van der Waals surface area (Å²) in [5.74, 6) is -7.62. The van der Waals surface area contributed by atoms with Crippen LogP contribution in [0.1, 0.15) is 214 Å². The van der Waals surface area contributed by atoms with Crippen LogP contribution in [0.3, 0.4) is 0 Å². The fourth-order valence-corrected chi connectivity index (χ4v) is 15.1. The summed E-state index contributed by atoms with van der Waals surface area (Å²) >= 11 is 0. The van der Waals surface area contributed by atoms with Gasteiger partial charge in [0.25, 0.3) is 5.79 Å². The highest BCUT2D eigenvalue weighted by Gasteiger charge is 2.62. The lowest BCUT2D eigenvalue weighted by atomic mass is 9.88. The van der Waals surface area contributed by atoms with Crippen molar-refractivity contribution >= 4 is 34.1 Å². The maximum atomic E-state index is 13.5. The summed E-state index contributed by atoms with van der Waals surface area (Å²) in [7, 11) is -5.75. The average molecular weight is 1630 g/mol. The van der Waals surface area contributed by atoms with Crippen LogP contribution in [0.2, 0.25) is 0 Å². The molecule has 5 aliphatic rings. The first-order valence-corrected chi connectivity index (χ1v) is 41.1. The van der Waals surface area contributed by atoms with E-state index in [0.29, 0.717) is 12.8 Å². The maximum absolute atomic E-state index is 13.5. The SMILES string of the molecule is CCCCCCCCCCCCC/C=C/[C@@H](O)[C@H](CO[C@@H]1O[C@H](CO)[C@@H](O[C@@H]2O[C@H](CO)[C@H](O[C@@H]3O[C@H](CO)[C@H](O)[C@H](O[C@@H]4O[C@H](CO)[C@H](O)[C@H](O[C@]5(C(=O)O)C[C@H](O)[C@@H](NC(C)=O)[C@H]([C@H](O)[C@H](O)CO)O5)[C@H]4O)[C@H]3NC(C)=O)[C@H](OS(=O)(=O)O)[C@H]2O)[C@H](O)[C@H]1O)NC(=O)CCCCCCCCCCCCCCCCC. The summed E-state index contributed by atoms with van der Waals surface area (Å²) in [6.45, 7) is -0.0486. The molecular weight excluding hydrogens is 1490 g/mol. The first kappa shape index (κ1) is 98.1. The predicted octanol–water partition coefficient (Wildman–Crippen LogP) is -1.22. The molecule has 0 unspecified atom stereocenters. The smallest absolute Gasteiger partial charge is 0.397 e. The van der Waals surface area contributed by atoms with E-state index in [-0.39, 0.29) is 12.3 Å². The number of nitrogens with one attached hydrogen (secondary N) is 3. The topological polar surface area (TPSA) is 584 Å². The third-order valence-electron chi connectivity index (χ3n) is 20.8. The molecule has 0 aromatic heterocycles. The normalized spacial score (nSPS) is 33.9. The Morgan fingerprint density at radius 2 is 0.946 bits per heavy atom. The standard InChI is InChI=1S/C73H131N3O34S/c1-5-7-9-11-13-15-17-19-20-22-24-26-28-30-32-34-52(87)76-44(45(84)33-31-29-27-25-23-21-18-16-14-12-10-8-6-2)41-100-69-59(92)58(91)62(50(39-80)103-69)105-71-61(94)67(110-111(97,98)99)63(51(40-81)104-71)106-68-54(75-43(4)83)64(56(89)48(37-78)101-68)107-70-60(93)66(57(90)49(38-79)102-70)109-73(72(95)96)35-46(85)53(74-42(3)82)65(108-73)55(88)47(86)36-77/h31,33,44-51,53-71,77-81,84-86,88-94H,5-30,32,34-41H2,1-4H3,(H,74,82)(H,75,83)(H,76,87)(H,95,96)(H,97,98,99)/b33-31+/t44-,45+,46-,47+,48+,49+,50+,51+,53+,54+,55+,56-,57-,58+,59+,60+,61+,62+,63-,64+,65+,66-,67+,68-,69+,70-,71-,73-/m0/s1. The van der Waals surface area contributed by atoms with Crippen molar-refractivity contribution in [1.82, 2.24) is 16.0 Å². The number of amides is 3. The molecule has 0 bridgehead atoms. The van der Waals surface area contributed by atoms with Crippen LogP contribution in [0.25, 0.3) is 0 Å². The molecule has 37 nitrogen and oxygen atoms in total. The molecule has 648 valence electrons. The Labute approximate surface area is 649 Å². The van der Waals surface area contributed by atoms with Crippen molar-refractivity contribution in [3.05, 3.63) is 12.2 Å². The van der Waals surface area contributed by atoms with Crippen LogP contribution in [0.4, 0.5) is 0 Å². The molecule has 28 atom stereocenters. The Morgan fingerprint density at radius 3 is 1.43 bits per heavy atom. The highest BCUT2D eigenvalue weighted by atomic mass is 32.3. The van der Waals surface area contributed by atoms with E-state index >= 15 is 0 Å². The first-order chi connectivity index (χ1) is 52.9. The van der Waals surface area contributed by atoms with Crippen LogP contribution < -0.4 is 16.0 Å². The van der Waals surface area contributed by atoms with E-state index in [1.807, 2.05) is 0 Å². The molecule has 0 saturated carbocycles. The second-order valence-corrected chi connectivity index (χ2v) is 30.8. The molecule has 5 aliphatic heterocycles. The molecule has 5 saturated heterocycles. The molecule has 0 aromatic rings. The van der Waals surface area contributed by atoms with Gasteiger partial charge in [-0.1, -0.05) is 180 Å². The third kappa shape index (κ3) is 31.1. The fraction of sp³-hybridized carbons (Fsp3) is 0.918. The zero-order valence-electron chi connectivity index (χ0n) is 64.4. The van der Waals surface area contributed by atoms with Gasteiger partial charge in [-0.15, -0.1) is 0 Å². The highest BCUT2D eigenvalue weighted by Crippen LogP contribution is 2.40. The van der Waals surface area contributed by atoms with Gasteiger partial charge in [-0.05, 0) is 19.3 Å². The molecule has 3 amide bonds. The molecule has 0 radical (unpaired) electrons. The molecular formula is C73H131N3O34S. The van der Waals surface area contributed by atoms with Crippen LogP contribution in [-0.2, 0) is 81.1 Å². The summed E-state index contributed by atoms with van der Waals surface area (Å²) in [4.78, 5) is 52.0. The lowest BCUT2D eigenvalue weighted by Gasteiger charge is -2.51. The summed E-state index contributed by atoms with van der Waals surface area (Å²) in [5, 5.41) is 185. The van der Waals surface area contributed by atoms with Crippen LogP contribution in [0.15, 0.2) is 12.2 Å². The number of allylic oxidation sites excluding steroid dienone is 1. The van der Waals surface area contributed by atoms with Crippen LogP contribution >= 0.6 is 0 Å². The highest BCUT2D eigenvalue weighted by molar-refractivity contribution is 7.80. The minimum absolute atomic E-state index is 0.137. The van der Waals surface area contributed by atoms with Crippen molar-refractivity contribution in [1.29, 1.82) is 0 Å². The predicted molar refractivity (Wildman–Crippen MR) is 389 cm³/mol. The van der Waals surface area contributed by atoms with Crippen LogP contribution in [0.5, 0.6) is 0 Å². The number of carboxylic acid groups (broad SMARTS) is 1. The fourth-order valence-electron chi connectivity index (χ4n) is 14.6. The average Bonchev–Trinajstić information content (AvgIpc) is 0.755. The van der Waals surface area contributed by atoms with Crippen LogP contribution in [0, 0.1) is 0 Å². The maximum Gasteiger partial charge on any atom is 0.397 e. The van der Waals surface area contributed by atoms with E-state index in [9.17, 15) is 114 Å². The number of hydrogen-bond donors (Lipinski definition) is 20. The Kier molecular flexibility index (Phi) is 45.0.